The Morgan fingerprint density at radius 1 is 0.605 bits per heavy atom. The number of carbonyl (C=O) groups excluding carboxylic acids is 4. The number of nitrogens with two attached hydrogens (primary N) is 3. The summed E-state index contributed by atoms with van der Waals surface area (Å²) in [7, 11) is 0. The van der Waals surface area contributed by atoms with E-state index < -0.39 is 18.0 Å². The van der Waals surface area contributed by atoms with Crippen molar-refractivity contribution in [1.29, 1.82) is 0 Å². The molecule has 0 aliphatic carbocycles. The van der Waals surface area contributed by atoms with Crippen LogP contribution in [0.2, 0.25) is 0 Å². The molecule has 0 aromatic heterocycles. The van der Waals surface area contributed by atoms with Crippen LogP contribution < -0.4 is 33.2 Å². The van der Waals surface area contributed by atoms with Gasteiger partial charge in [0.1, 0.15) is 12.1 Å². The Morgan fingerprint density at radius 3 is 1.61 bits per heavy atom. The maximum Gasteiger partial charge on any atom is 0.242 e. The van der Waals surface area contributed by atoms with E-state index in [1.54, 1.807) is 0 Å². The number of rotatable bonds is 26. The highest BCUT2D eigenvalue weighted by molar-refractivity contribution is 5.87. The molecule has 0 heterocycles. The molecule has 0 bridgehead atoms. The largest absolute Gasteiger partial charge is 0.368 e. The van der Waals surface area contributed by atoms with Gasteiger partial charge in [0.25, 0.3) is 0 Å². The first-order valence-corrected chi connectivity index (χ1v) is 14.9. The molecule has 0 rings (SSSR count). The molecular weight excluding hydrogens is 484 g/mol. The van der Waals surface area contributed by atoms with Crippen molar-refractivity contribution in [2.45, 2.75) is 135 Å². The maximum atomic E-state index is 12.7. The lowest BCUT2D eigenvalue weighted by atomic mass is 10.1. The van der Waals surface area contributed by atoms with Crippen LogP contribution in [0.15, 0.2) is 0 Å². The van der Waals surface area contributed by atoms with E-state index in [1.807, 2.05) is 0 Å². The molecule has 222 valence electrons. The number of hydrogen-bond acceptors (Lipinski definition) is 6. The Bertz CT molecular complexity index is 647. The minimum Gasteiger partial charge on any atom is -0.368 e. The highest BCUT2D eigenvalue weighted by atomic mass is 16.2. The van der Waals surface area contributed by atoms with Crippen molar-refractivity contribution in [1.82, 2.24) is 16.0 Å². The summed E-state index contributed by atoms with van der Waals surface area (Å²) < 4.78 is 0. The average Bonchev–Trinajstić information content (AvgIpc) is 2.88. The number of amides is 4. The van der Waals surface area contributed by atoms with Gasteiger partial charge in [0, 0.05) is 19.4 Å². The molecule has 0 saturated carbocycles. The molecule has 0 saturated heterocycles. The third-order valence-corrected chi connectivity index (χ3v) is 6.61. The Balaban J connectivity index is 4.13. The van der Waals surface area contributed by atoms with Gasteiger partial charge in [0.15, 0.2) is 0 Å². The lowest BCUT2D eigenvalue weighted by Crippen LogP contribution is -2.47. The summed E-state index contributed by atoms with van der Waals surface area (Å²) in [6.07, 6.45) is 14.8. The molecule has 10 heteroatoms. The van der Waals surface area contributed by atoms with Crippen molar-refractivity contribution in [3.05, 3.63) is 0 Å². The summed E-state index contributed by atoms with van der Waals surface area (Å²) in [5, 5.41) is 8.60. The molecule has 10 nitrogen and oxygen atoms in total. The number of unbranched alkanes of at least 4 members (excludes halogenated alkanes) is 10. The van der Waals surface area contributed by atoms with Crippen LogP contribution in [0.5, 0.6) is 0 Å². The van der Waals surface area contributed by atoms with Crippen LogP contribution in [0.4, 0.5) is 0 Å². The standard InChI is InChI=1S/C28H56N6O4/c1-2-3-4-6-9-19-26(36)34-24(17-12-14-21-30)28(38)32-22-15-8-5-7-10-18-25(35)33-23(27(31)37)16-11-13-20-29/h23-24H,2-22,29-30H2,1H3,(H2,31,37)(H,32,38)(H,33,35)(H,34,36)/t23-,24-/m0/s1. The van der Waals surface area contributed by atoms with Crippen LogP contribution in [0, 0.1) is 0 Å². The first kappa shape index (κ1) is 35.8. The summed E-state index contributed by atoms with van der Waals surface area (Å²) in [4.78, 5) is 48.6. The summed E-state index contributed by atoms with van der Waals surface area (Å²) in [6.45, 7) is 3.84. The van der Waals surface area contributed by atoms with Crippen LogP contribution in [0.1, 0.15) is 122 Å². The first-order chi connectivity index (χ1) is 18.3. The molecule has 0 radical (unpaired) electrons. The second kappa shape index (κ2) is 25.1. The quantitative estimate of drug-likeness (QED) is 0.0916. The fourth-order valence-electron chi connectivity index (χ4n) is 4.24. The topological polar surface area (TPSA) is 182 Å². The maximum absolute atomic E-state index is 12.7. The molecule has 0 unspecified atom stereocenters. The number of primary amides is 1. The second-order valence-corrected chi connectivity index (χ2v) is 10.2. The van der Waals surface area contributed by atoms with Gasteiger partial charge >= 0.3 is 0 Å². The zero-order valence-corrected chi connectivity index (χ0v) is 23.9. The monoisotopic (exact) mass is 540 g/mol. The average molecular weight is 541 g/mol. The molecule has 38 heavy (non-hydrogen) atoms. The van der Waals surface area contributed by atoms with Crippen LogP contribution in [0.25, 0.3) is 0 Å². The van der Waals surface area contributed by atoms with Gasteiger partial charge in [-0.3, -0.25) is 19.2 Å². The van der Waals surface area contributed by atoms with E-state index in [9.17, 15) is 19.2 Å². The van der Waals surface area contributed by atoms with Gasteiger partial charge in [-0.25, -0.2) is 0 Å². The summed E-state index contributed by atoms with van der Waals surface area (Å²) >= 11 is 0. The third kappa shape index (κ3) is 20.8. The van der Waals surface area contributed by atoms with Crippen molar-refractivity contribution >= 4 is 23.6 Å². The van der Waals surface area contributed by atoms with Gasteiger partial charge in [0.05, 0.1) is 0 Å². The van der Waals surface area contributed by atoms with Crippen molar-refractivity contribution in [2.75, 3.05) is 19.6 Å². The Morgan fingerprint density at radius 2 is 1.08 bits per heavy atom. The van der Waals surface area contributed by atoms with Crippen LogP contribution in [0.3, 0.4) is 0 Å². The second-order valence-electron chi connectivity index (χ2n) is 10.2. The molecule has 2 atom stereocenters. The van der Waals surface area contributed by atoms with Gasteiger partial charge in [0.2, 0.25) is 23.6 Å². The molecular formula is C28H56N6O4. The van der Waals surface area contributed by atoms with Gasteiger partial charge in [-0.05, 0) is 70.9 Å². The number of hydrogen-bond donors (Lipinski definition) is 6. The van der Waals surface area contributed by atoms with Gasteiger partial charge in [-0.2, -0.15) is 0 Å². The summed E-state index contributed by atoms with van der Waals surface area (Å²) in [6, 6.07) is -1.14. The van der Waals surface area contributed by atoms with Crippen molar-refractivity contribution in [3.63, 3.8) is 0 Å². The molecule has 4 amide bonds. The molecule has 0 aliphatic rings. The number of nitrogens with one attached hydrogen (secondary N) is 3. The van der Waals surface area contributed by atoms with E-state index in [2.05, 4.69) is 22.9 Å². The predicted molar refractivity (Wildman–Crippen MR) is 153 cm³/mol. The molecule has 9 N–H and O–H groups in total. The molecule has 0 aliphatic heterocycles. The van der Waals surface area contributed by atoms with Crippen molar-refractivity contribution in [2.24, 2.45) is 17.2 Å². The lowest BCUT2D eigenvalue weighted by molar-refractivity contribution is -0.129. The molecule has 0 aromatic carbocycles. The van der Waals surface area contributed by atoms with Gasteiger partial charge < -0.3 is 33.2 Å². The Hall–Kier alpha value is -2.20. The Labute approximate surface area is 230 Å². The first-order valence-electron chi connectivity index (χ1n) is 14.9. The van der Waals surface area contributed by atoms with Crippen LogP contribution in [-0.4, -0.2) is 55.3 Å². The van der Waals surface area contributed by atoms with E-state index in [1.165, 1.54) is 12.8 Å². The smallest absolute Gasteiger partial charge is 0.242 e. The molecule has 0 fully saturated rings. The third-order valence-electron chi connectivity index (χ3n) is 6.61. The van der Waals surface area contributed by atoms with E-state index in [0.717, 1.165) is 77.0 Å². The highest BCUT2D eigenvalue weighted by Gasteiger charge is 2.20. The molecule has 0 spiro atoms. The summed E-state index contributed by atoms with van der Waals surface area (Å²) in [5.41, 5.74) is 16.4. The van der Waals surface area contributed by atoms with E-state index in [4.69, 9.17) is 17.2 Å². The fraction of sp³-hybridized carbons (Fsp3) is 0.857. The SMILES string of the molecule is CCCCCCCC(=O)N[C@@H](CCCCN)C(=O)NCCCCCCCC(=O)N[C@@H](CCCCN)C(N)=O. The zero-order chi connectivity index (χ0) is 28.4. The summed E-state index contributed by atoms with van der Waals surface area (Å²) in [5.74, 6) is -0.858. The van der Waals surface area contributed by atoms with E-state index in [-0.39, 0.29) is 17.7 Å². The van der Waals surface area contributed by atoms with Crippen molar-refractivity contribution in [3.8, 4) is 0 Å². The van der Waals surface area contributed by atoms with Gasteiger partial charge in [-0.1, -0.05) is 51.9 Å². The van der Waals surface area contributed by atoms with Crippen LogP contribution in [-0.2, 0) is 19.2 Å². The minimum absolute atomic E-state index is 0.0591. The van der Waals surface area contributed by atoms with E-state index >= 15 is 0 Å². The fourth-order valence-corrected chi connectivity index (χ4v) is 4.24. The minimum atomic E-state index is -0.632. The Kier molecular flexibility index (Phi) is 23.6. The van der Waals surface area contributed by atoms with Crippen LogP contribution >= 0.6 is 0 Å². The highest BCUT2D eigenvalue weighted by Crippen LogP contribution is 2.08. The lowest BCUT2D eigenvalue weighted by Gasteiger charge is -2.18. The normalized spacial score (nSPS) is 12.5. The van der Waals surface area contributed by atoms with Gasteiger partial charge in [-0.15, -0.1) is 0 Å². The number of carbonyl (C=O) groups is 4. The van der Waals surface area contributed by atoms with Crippen molar-refractivity contribution < 1.29 is 19.2 Å². The van der Waals surface area contributed by atoms with E-state index in [0.29, 0.717) is 45.3 Å². The molecule has 0 aromatic rings. The zero-order valence-electron chi connectivity index (χ0n) is 23.9. The predicted octanol–water partition coefficient (Wildman–Crippen LogP) is 2.52.